The molecule has 18 heavy (non-hydrogen) atoms. The Morgan fingerprint density at radius 2 is 2.39 bits per heavy atom. The Morgan fingerprint density at radius 1 is 1.61 bits per heavy atom. The standard InChI is InChI=1S/C13H18N2O3/c1-9-11(3-2-4-12(9)14)13(17)15-5-6-18-10(7-15)8-16/h2-4,10,16H,5-8,14H2,1H3. The third-order valence-corrected chi connectivity index (χ3v) is 3.24. The number of carbonyl (C=O) groups excluding carboxylic acids is 1. The molecule has 5 heteroatoms. The Kier molecular flexibility index (Phi) is 3.84. The molecule has 2 rings (SSSR count). The summed E-state index contributed by atoms with van der Waals surface area (Å²) < 4.78 is 5.33. The van der Waals surface area contributed by atoms with Crippen molar-refractivity contribution < 1.29 is 14.6 Å². The van der Waals surface area contributed by atoms with Gasteiger partial charge < -0.3 is 20.5 Å². The van der Waals surface area contributed by atoms with Crippen molar-refractivity contribution in [3.63, 3.8) is 0 Å². The highest BCUT2D eigenvalue weighted by molar-refractivity contribution is 5.97. The van der Waals surface area contributed by atoms with Crippen LogP contribution >= 0.6 is 0 Å². The molecule has 0 spiro atoms. The van der Waals surface area contributed by atoms with E-state index in [1.165, 1.54) is 0 Å². The van der Waals surface area contributed by atoms with Crippen LogP contribution in [0.15, 0.2) is 18.2 Å². The zero-order valence-electron chi connectivity index (χ0n) is 10.4. The molecule has 1 unspecified atom stereocenters. The number of benzene rings is 1. The number of hydrogen-bond donors (Lipinski definition) is 2. The van der Waals surface area contributed by atoms with Crippen LogP contribution in [0.3, 0.4) is 0 Å². The molecule has 5 nitrogen and oxygen atoms in total. The van der Waals surface area contributed by atoms with Crippen LogP contribution in [0.2, 0.25) is 0 Å². The number of aliphatic hydroxyl groups excluding tert-OH is 1. The second-order valence-electron chi connectivity index (χ2n) is 4.45. The zero-order valence-corrected chi connectivity index (χ0v) is 10.4. The van der Waals surface area contributed by atoms with Crippen LogP contribution in [0.25, 0.3) is 0 Å². The third kappa shape index (κ3) is 2.47. The summed E-state index contributed by atoms with van der Waals surface area (Å²) in [4.78, 5) is 14.1. The molecule has 0 radical (unpaired) electrons. The zero-order chi connectivity index (χ0) is 13.1. The number of rotatable bonds is 2. The van der Waals surface area contributed by atoms with Crippen LogP contribution in [0.5, 0.6) is 0 Å². The highest BCUT2D eigenvalue weighted by Gasteiger charge is 2.25. The number of nitrogens with zero attached hydrogens (tertiary/aromatic N) is 1. The molecule has 1 aliphatic heterocycles. The lowest BCUT2D eigenvalue weighted by Crippen LogP contribution is -2.47. The van der Waals surface area contributed by atoms with E-state index in [9.17, 15) is 4.79 Å². The number of nitrogens with two attached hydrogens (primary N) is 1. The maximum Gasteiger partial charge on any atom is 0.254 e. The Hall–Kier alpha value is -1.59. The number of morpholine rings is 1. The van der Waals surface area contributed by atoms with Crippen molar-refractivity contribution in [2.45, 2.75) is 13.0 Å². The van der Waals surface area contributed by atoms with E-state index in [1.54, 1.807) is 23.1 Å². The Balaban J connectivity index is 2.18. The first kappa shape index (κ1) is 12.9. The second kappa shape index (κ2) is 5.37. The van der Waals surface area contributed by atoms with E-state index >= 15 is 0 Å². The topological polar surface area (TPSA) is 75.8 Å². The van der Waals surface area contributed by atoms with Gasteiger partial charge in [-0.25, -0.2) is 0 Å². The number of aliphatic hydroxyl groups is 1. The van der Waals surface area contributed by atoms with E-state index in [-0.39, 0.29) is 18.6 Å². The minimum absolute atomic E-state index is 0.0541. The molecule has 0 bridgehead atoms. The van der Waals surface area contributed by atoms with Gasteiger partial charge in [0.2, 0.25) is 0 Å². The molecule has 1 fully saturated rings. The fourth-order valence-corrected chi connectivity index (χ4v) is 2.07. The van der Waals surface area contributed by atoms with Gasteiger partial charge in [0.25, 0.3) is 5.91 Å². The minimum atomic E-state index is -0.288. The van der Waals surface area contributed by atoms with Crippen molar-refractivity contribution in [2.24, 2.45) is 0 Å². The van der Waals surface area contributed by atoms with Crippen LogP contribution in [0, 0.1) is 6.92 Å². The number of hydrogen-bond acceptors (Lipinski definition) is 4. The largest absolute Gasteiger partial charge is 0.398 e. The van der Waals surface area contributed by atoms with Crippen LogP contribution in [0.1, 0.15) is 15.9 Å². The molecule has 1 atom stereocenters. The molecule has 1 amide bonds. The first-order valence-corrected chi connectivity index (χ1v) is 6.00. The fourth-order valence-electron chi connectivity index (χ4n) is 2.07. The molecule has 0 saturated carbocycles. The Morgan fingerprint density at radius 3 is 3.11 bits per heavy atom. The van der Waals surface area contributed by atoms with Gasteiger partial charge >= 0.3 is 0 Å². The van der Waals surface area contributed by atoms with E-state index in [0.717, 1.165) is 5.56 Å². The van der Waals surface area contributed by atoms with Crippen molar-refractivity contribution in [1.82, 2.24) is 4.90 Å². The van der Waals surface area contributed by atoms with Gasteiger partial charge in [-0.1, -0.05) is 6.07 Å². The summed E-state index contributed by atoms with van der Waals surface area (Å²) >= 11 is 0. The monoisotopic (exact) mass is 250 g/mol. The lowest BCUT2D eigenvalue weighted by Gasteiger charge is -2.32. The van der Waals surface area contributed by atoms with Gasteiger partial charge in [-0.05, 0) is 24.6 Å². The van der Waals surface area contributed by atoms with Crippen molar-refractivity contribution >= 4 is 11.6 Å². The fraction of sp³-hybridized carbons (Fsp3) is 0.462. The number of nitrogen functional groups attached to an aromatic ring is 1. The SMILES string of the molecule is Cc1c(N)cccc1C(=O)N1CCOC(CO)C1. The van der Waals surface area contributed by atoms with E-state index in [4.69, 9.17) is 15.6 Å². The van der Waals surface area contributed by atoms with Gasteiger partial charge in [0.15, 0.2) is 0 Å². The molecular formula is C13H18N2O3. The lowest BCUT2D eigenvalue weighted by molar-refractivity contribution is -0.0447. The Bertz CT molecular complexity index is 448. The molecule has 98 valence electrons. The number of carbonyl (C=O) groups is 1. The summed E-state index contributed by atoms with van der Waals surface area (Å²) in [6.45, 7) is 3.19. The van der Waals surface area contributed by atoms with Crippen LogP contribution in [-0.2, 0) is 4.74 Å². The first-order valence-electron chi connectivity index (χ1n) is 6.00. The van der Waals surface area contributed by atoms with Crippen molar-refractivity contribution in [3.8, 4) is 0 Å². The van der Waals surface area contributed by atoms with Gasteiger partial charge in [0.1, 0.15) is 0 Å². The molecule has 1 saturated heterocycles. The van der Waals surface area contributed by atoms with E-state index in [1.807, 2.05) is 6.92 Å². The summed E-state index contributed by atoms with van der Waals surface area (Å²) in [5.74, 6) is -0.0541. The average molecular weight is 250 g/mol. The highest BCUT2D eigenvalue weighted by Crippen LogP contribution is 2.18. The number of ether oxygens (including phenoxy) is 1. The summed E-state index contributed by atoms with van der Waals surface area (Å²) in [7, 11) is 0. The van der Waals surface area contributed by atoms with E-state index < -0.39 is 0 Å². The predicted octanol–water partition coefficient (Wildman–Crippen LogP) is 0.411. The molecule has 0 aromatic heterocycles. The Labute approximate surface area is 106 Å². The maximum atomic E-state index is 12.4. The molecule has 1 aliphatic rings. The molecular weight excluding hydrogens is 232 g/mol. The normalized spacial score (nSPS) is 19.9. The van der Waals surface area contributed by atoms with Crippen LogP contribution in [0.4, 0.5) is 5.69 Å². The first-order chi connectivity index (χ1) is 8.63. The molecule has 1 aromatic rings. The molecule has 3 N–H and O–H groups in total. The summed E-state index contributed by atoms with van der Waals surface area (Å²) in [5.41, 5.74) is 7.84. The predicted molar refractivity (Wildman–Crippen MR) is 68.3 cm³/mol. The van der Waals surface area contributed by atoms with Gasteiger partial charge in [0, 0.05) is 24.3 Å². The summed E-state index contributed by atoms with van der Waals surface area (Å²) in [6.07, 6.45) is -0.288. The van der Waals surface area contributed by atoms with Gasteiger partial charge in [0.05, 0.1) is 19.3 Å². The second-order valence-corrected chi connectivity index (χ2v) is 4.45. The van der Waals surface area contributed by atoms with Crippen molar-refractivity contribution in [3.05, 3.63) is 29.3 Å². The van der Waals surface area contributed by atoms with E-state index in [2.05, 4.69) is 0 Å². The highest BCUT2D eigenvalue weighted by atomic mass is 16.5. The number of amides is 1. The van der Waals surface area contributed by atoms with Gasteiger partial charge in [-0.2, -0.15) is 0 Å². The maximum absolute atomic E-state index is 12.4. The lowest BCUT2D eigenvalue weighted by atomic mass is 10.1. The smallest absolute Gasteiger partial charge is 0.254 e. The molecule has 1 heterocycles. The number of anilines is 1. The summed E-state index contributed by atoms with van der Waals surface area (Å²) in [6, 6.07) is 5.33. The van der Waals surface area contributed by atoms with Gasteiger partial charge in [-0.15, -0.1) is 0 Å². The van der Waals surface area contributed by atoms with Gasteiger partial charge in [-0.3, -0.25) is 4.79 Å². The third-order valence-electron chi connectivity index (χ3n) is 3.24. The van der Waals surface area contributed by atoms with E-state index in [0.29, 0.717) is 30.9 Å². The average Bonchev–Trinajstić information content (AvgIpc) is 2.41. The minimum Gasteiger partial charge on any atom is -0.398 e. The molecule has 1 aromatic carbocycles. The van der Waals surface area contributed by atoms with Crippen molar-refractivity contribution in [1.29, 1.82) is 0 Å². The van der Waals surface area contributed by atoms with Crippen molar-refractivity contribution in [2.75, 3.05) is 32.0 Å². The van der Waals surface area contributed by atoms with Crippen LogP contribution < -0.4 is 5.73 Å². The summed E-state index contributed by atoms with van der Waals surface area (Å²) in [5, 5.41) is 9.08. The quantitative estimate of drug-likeness (QED) is 0.745. The molecule has 0 aliphatic carbocycles. The van der Waals surface area contributed by atoms with Crippen LogP contribution in [-0.4, -0.2) is 48.3 Å².